The van der Waals surface area contributed by atoms with Crippen LogP contribution in [-0.4, -0.2) is 62.8 Å². The lowest BCUT2D eigenvalue weighted by Crippen LogP contribution is -2.59. The summed E-state index contributed by atoms with van der Waals surface area (Å²) in [7, 11) is 0. The van der Waals surface area contributed by atoms with E-state index >= 15 is 0 Å². The molecule has 11 nitrogen and oxygen atoms in total. The molecule has 0 radical (unpaired) electrons. The van der Waals surface area contributed by atoms with Crippen LogP contribution in [0.5, 0.6) is 0 Å². The smallest absolute Gasteiger partial charge is 0.290 e. The molecule has 3 heterocycles. The van der Waals surface area contributed by atoms with Gasteiger partial charge in [-0.15, -0.1) is 5.10 Å². The monoisotopic (exact) mass is 510 g/mol. The fourth-order valence-electron chi connectivity index (χ4n) is 4.16. The molecule has 12 heteroatoms. The highest BCUT2D eigenvalue weighted by Gasteiger charge is 2.39. The van der Waals surface area contributed by atoms with E-state index in [0.29, 0.717) is 17.0 Å². The summed E-state index contributed by atoms with van der Waals surface area (Å²) in [6, 6.07) is 9.95. The molecule has 4 amide bonds. The maximum absolute atomic E-state index is 13.4. The Morgan fingerprint density at radius 3 is 2.61 bits per heavy atom. The van der Waals surface area contributed by atoms with Crippen LogP contribution < -0.4 is 16.4 Å². The molecule has 1 fully saturated rings. The molecule has 0 saturated carbocycles. The summed E-state index contributed by atoms with van der Waals surface area (Å²) >= 11 is 0.989. The van der Waals surface area contributed by atoms with Crippen molar-refractivity contribution in [2.75, 3.05) is 6.54 Å². The van der Waals surface area contributed by atoms with Crippen molar-refractivity contribution in [2.45, 2.75) is 44.3 Å². The van der Waals surface area contributed by atoms with Crippen molar-refractivity contribution in [3.8, 4) is 0 Å². The van der Waals surface area contributed by atoms with Crippen LogP contribution in [-0.2, 0) is 16.0 Å². The molecule has 3 aromatic rings. The number of amides is 4. The number of primary amides is 1. The Bertz CT molecular complexity index is 1230. The van der Waals surface area contributed by atoms with Crippen molar-refractivity contribution in [1.29, 1.82) is 0 Å². The number of rotatable bonds is 8. The number of likely N-dealkylation sites (tertiary alicyclic amines) is 1. The van der Waals surface area contributed by atoms with E-state index in [2.05, 4.69) is 20.2 Å². The van der Waals surface area contributed by atoms with Gasteiger partial charge in [0.1, 0.15) is 17.0 Å². The third-order valence-corrected chi connectivity index (χ3v) is 6.86. The predicted molar refractivity (Wildman–Crippen MR) is 130 cm³/mol. The van der Waals surface area contributed by atoms with Crippen LogP contribution in [0.4, 0.5) is 0 Å². The summed E-state index contributed by atoms with van der Waals surface area (Å²) in [6.07, 6.45) is 2.16. The fourth-order valence-corrected chi connectivity index (χ4v) is 4.72. The molecule has 3 atom stereocenters. The van der Waals surface area contributed by atoms with Crippen LogP contribution in [0.3, 0.4) is 0 Å². The molecule has 1 saturated heterocycles. The van der Waals surface area contributed by atoms with Gasteiger partial charge in [-0.25, -0.2) is 0 Å². The normalized spacial score (nSPS) is 18.3. The highest BCUT2D eigenvalue weighted by atomic mass is 32.1. The van der Waals surface area contributed by atoms with Crippen LogP contribution in [0.2, 0.25) is 0 Å². The second-order valence-corrected chi connectivity index (χ2v) is 9.28. The number of aromatic nitrogens is 2. The number of piperidine rings is 1. The standard InChI is InChI=1S/C24H26N6O5S/c1-14-20(36-29-28-14)23(33)26-16-9-10-30(24(34)19-8-5-11-35-19)18(13-16)22(32)27-17(21(25)31)12-15-6-3-2-4-7-15/h2-8,11,16-18H,9-10,12-13H2,1H3,(H2,25,31)(H,26,33)(H,27,32)/t16-,17-,18+/m1/s1. The quantitative estimate of drug-likeness (QED) is 0.408. The lowest BCUT2D eigenvalue weighted by atomic mass is 9.95. The molecule has 4 rings (SSSR count). The minimum atomic E-state index is -0.971. The van der Waals surface area contributed by atoms with E-state index in [0.717, 1.165) is 17.1 Å². The Labute approximate surface area is 211 Å². The highest BCUT2D eigenvalue weighted by Crippen LogP contribution is 2.22. The van der Waals surface area contributed by atoms with E-state index in [1.165, 1.54) is 17.2 Å². The third-order valence-electron chi connectivity index (χ3n) is 6.03. The van der Waals surface area contributed by atoms with Gasteiger partial charge in [0, 0.05) is 19.0 Å². The third kappa shape index (κ3) is 5.77. The van der Waals surface area contributed by atoms with Gasteiger partial charge in [0.25, 0.3) is 11.8 Å². The van der Waals surface area contributed by atoms with E-state index < -0.39 is 35.8 Å². The van der Waals surface area contributed by atoms with Crippen LogP contribution in [0.15, 0.2) is 53.1 Å². The topological polar surface area (TPSA) is 161 Å². The molecule has 4 N–H and O–H groups in total. The Kier molecular flexibility index (Phi) is 7.74. The summed E-state index contributed by atoms with van der Waals surface area (Å²) in [5.74, 6) is -1.92. The Morgan fingerprint density at radius 2 is 1.97 bits per heavy atom. The van der Waals surface area contributed by atoms with Crippen molar-refractivity contribution >= 4 is 35.2 Å². The highest BCUT2D eigenvalue weighted by molar-refractivity contribution is 7.08. The summed E-state index contributed by atoms with van der Waals surface area (Å²) in [4.78, 5) is 53.2. The molecular weight excluding hydrogens is 484 g/mol. The van der Waals surface area contributed by atoms with E-state index in [1.807, 2.05) is 30.3 Å². The van der Waals surface area contributed by atoms with Crippen LogP contribution in [0, 0.1) is 6.92 Å². The van der Waals surface area contributed by atoms with Gasteiger partial charge in [0.05, 0.1) is 12.0 Å². The maximum Gasteiger partial charge on any atom is 0.290 e. The van der Waals surface area contributed by atoms with Gasteiger partial charge in [0.15, 0.2) is 5.76 Å². The molecule has 0 unspecified atom stereocenters. The van der Waals surface area contributed by atoms with E-state index in [1.54, 1.807) is 13.0 Å². The minimum Gasteiger partial charge on any atom is -0.459 e. The van der Waals surface area contributed by atoms with E-state index in [-0.39, 0.29) is 31.1 Å². The van der Waals surface area contributed by atoms with Crippen molar-refractivity contribution < 1.29 is 23.6 Å². The first-order valence-corrected chi connectivity index (χ1v) is 12.2. The summed E-state index contributed by atoms with van der Waals surface area (Å²) in [6.45, 7) is 1.89. The number of furan rings is 1. The zero-order valence-corrected chi connectivity index (χ0v) is 20.4. The number of hydrogen-bond donors (Lipinski definition) is 3. The van der Waals surface area contributed by atoms with Gasteiger partial charge in [-0.2, -0.15) is 0 Å². The van der Waals surface area contributed by atoms with Crippen molar-refractivity contribution in [1.82, 2.24) is 25.1 Å². The minimum absolute atomic E-state index is 0.0948. The second-order valence-electron chi connectivity index (χ2n) is 8.53. The predicted octanol–water partition coefficient (Wildman–Crippen LogP) is 1.06. The molecule has 0 aliphatic carbocycles. The lowest BCUT2D eigenvalue weighted by Gasteiger charge is -2.38. The van der Waals surface area contributed by atoms with Crippen molar-refractivity contribution in [3.05, 3.63) is 70.6 Å². The number of benzene rings is 1. The number of carbonyl (C=O) groups is 4. The van der Waals surface area contributed by atoms with Crippen molar-refractivity contribution in [3.63, 3.8) is 0 Å². The number of hydrogen-bond acceptors (Lipinski definition) is 8. The summed E-state index contributed by atoms with van der Waals surface area (Å²) in [5, 5.41) is 9.48. The first-order valence-electron chi connectivity index (χ1n) is 11.4. The molecule has 2 aromatic heterocycles. The van der Waals surface area contributed by atoms with Gasteiger partial charge in [0.2, 0.25) is 11.8 Å². The average molecular weight is 511 g/mol. The average Bonchev–Trinajstić information content (AvgIpc) is 3.56. The molecular formula is C24H26N6O5S. The number of nitrogens with zero attached hydrogens (tertiary/aromatic N) is 3. The Balaban J connectivity index is 1.52. The summed E-state index contributed by atoms with van der Waals surface area (Å²) < 4.78 is 9.04. The number of nitrogens with one attached hydrogen (secondary N) is 2. The van der Waals surface area contributed by atoms with Crippen molar-refractivity contribution in [2.24, 2.45) is 5.73 Å². The zero-order valence-electron chi connectivity index (χ0n) is 19.5. The van der Waals surface area contributed by atoms with Gasteiger partial charge in [-0.3, -0.25) is 19.2 Å². The molecule has 1 aromatic carbocycles. The largest absolute Gasteiger partial charge is 0.459 e. The van der Waals surface area contributed by atoms with Gasteiger partial charge in [-0.05, 0) is 49.0 Å². The Hall–Kier alpha value is -4.06. The maximum atomic E-state index is 13.4. The SMILES string of the molecule is Cc1nnsc1C(=O)N[C@@H]1CCN(C(=O)c2ccco2)[C@H](C(=O)N[C@H](Cc2ccccc2)C(N)=O)C1. The zero-order chi connectivity index (χ0) is 25.7. The number of nitrogens with two attached hydrogens (primary N) is 1. The van der Waals surface area contributed by atoms with Crippen LogP contribution in [0.25, 0.3) is 0 Å². The fraction of sp³-hybridized carbons (Fsp3) is 0.333. The van der Waals surface area contributed by atoms with E-state index in [4.69, 9.17) is 10.2 Å². The number of aryl methyl sites for hydroxylation is 1. The molecule has 36 heavy (non-hydrogen) atoms. The lowest BCUT2D eigenvalue weighted by molar-refractivity contribution is -0.131. The van der Waals surface area contributed by atoms with Gasteiger partial charge >= 0.3 is 0 Å². The summed E-state index contributed by atoms with van der Waals surface area (Å²) in [5.41, 5.74) is 6.92. The molecule has 0 spiro atoms. The molecule has 188 valence electrons. The molecule has 0 bridgehead atoms. The molecule has 1 aliphatic rings. The second kappa shape index (κ2) is 11.1. The van der Waals surface area contributed by atoms with Crippen LogP contribution >= 0.6 is 11.5 Å². The van der Waals surface area contributed by atoms with E-state index in [9.17, 15) is 19.2 Å². The van der Waals surface area contributed by atoms with Gasteiger partial charge in [-0.1, -0.05) is 34.8 Å². The Morgan fingerprint density at radius 1 is 1.19 bits per heavy atom. The first kappa shape index (κ1) is 25.0. The van der Waals surface area contributed by atoms with Crippen LogP contribution in [0.1, 0.15) is 44.3 Å². The van der Waals surface area contributed by atoms with Gasteiger partial charge < -0.3 is 25.7 Å². The first-order chi connectivity index (χ1) is 17.3. The number of carbonyl (C=O) groups excluding carboxylic acids is 4. The molecule has 1 aliphatic heterocycles.